The van der Waals surface area contributed by atoms with Crippen LogP contribution in [0.25, 0.3) is 0 Å². The van der Waals surface area contributed by atoms with Crippen molar-refractivity contribution in [2.75, 3.05) is 13.2 Å². The van der Waals surface area contributed by atoms with Crippen molar-refractivity contribution < 1.29 is 18.7 Å². The highest BCUT2D eigenvalue weighted by Crippen LogP contribution is 2.33. The van der Waals surface area contributed by atoms with Gasteiger partial charge in [-0.05, 0) is 37.1 Å². The van der Waals surface area contributed by atoms with Crippen molar-refractivity contribution in [2.24, 2.45) is 0 Å². The van der Waals surface area contributed by atoms with Crippen molar-refractivity contribution in [3.05, 3.63) is 59.9 Å². The zero-order chi connectivity index (χ0) is 18.6. The fraction of sp³-hybridized carbons (Fsp3) is 0.450. The number of hydrogen-bond donors (Lipinski definition) is 0. The molecule has 0 radical (unpaired) electrons. The molecule has 3 atom stereocenters. The number of aromatic nitrogens is 2. The summed E-state index contributed by atoms with van der Waals surface area (Å²) in [5.74, 6) is -0.404. The molecule has 0 aromatic carbocycles. The Morgan fingerprint density at radius 2 is 2.15 bits per heavy atom. The van der Waals surface area contributed by atoms with E-state index in [1.54, 1.807) is 12.3 Å². The lowest BCUT2D eigenvalue weighted by Crippen LogP contribution is -2.54. The fourth-order valence-corrected chi connectivity index (χ4v) is 3.85. The topological polar surface area (TPSA) is 64.6 Å². The van der Waals surface area contributed by atoms with Crippen molar-refractivity contribution in [3.8, 4) is 0 Å². The quantitative estimate of drug-likeness (QED) is 0.806. The Bertz CT molecular complexity index is 772. The van der Waals surface area contributed by atoms with Gasteiger partial charge in [-0.1, -0.05) is 6.07 Å². The first-order chi connectivity index (χ1) is 13.2. The number of halogens is 1. The summed E-state index contributed by atoms with van der Waals surface area (Å²) in [4.78, 5) is 22.9. The molecular weight excluding hydrogens is 349 g/mol. The second-order valence-electron chi connectivity index (χ2n) is 6.88. The fourth-order valence-electron chi connectivity index (χ4n) is 3.85. The normalized spacial score (nSPS) is 24.6. The van der Waals surface area contributed by atoms with Gasteiger partial charge in [-0.3, -0.25) is 14.8 Å². The van der Waals surface area contributed by atoms with Crippen molar-refractivity contribution in [2.45, 2.75) is 44.1 Å². The molecule has 2 fully saturated rings. The molecule has 1 saturated carbocycles. The van der Waals surface area contributed by atoms with E-state index in [2.05, 4.69) is 9.97 Å². The Hall–Kier alpha value is -2.38. The van der Waals surface area contributed by atoms with Crippen molar-refractivity contribution in [1.29, 1.82) is 0 Å². The molecule has 2 aromatic rings. The zero-order valence-corrected chi connectivity index (χ0v) is 15.0. The summed E-state index contributed by atoms with van der Waals surface area (Å²) in [5.41, 5.74) is 1.46. The van der Waals surface area contributed by atoms with Gasteiger partial charge in [-0.25, -0.2) is 4.39 Å². The largest absolute Gasteiger partial charge is 0.372 e. The Balaban J connectivity index is 1.37. The average molecular weight is 371 g/mol. The molecule has 1 aliphatic heterocycles. The third-order valence-corrected chi connectivity index (χ3v) is 5.15. The maximum atomic E-state index is 13.0. The summed E-state index contributed by atoms with van der Waals surface area (Å²) in [7, 11) is 0. The van der Waals surface area contributed by atoms with Crippen LogP contribution >= 0.6 is 0 Å². The first-order valence-electron chi connectivity index (χ1n) is 9.24. The second kappa shape index (κ2) is 8.10. The number of carbonyl (C=O) groups is 1. The molecule has 1 aliphatic carbocycles. The maximum Gasteiger partial charge on any atom is 0.229 e. The first kappa shape index (κ1) is 18.0. The Morgan fingerprint density at radius 1 is 1.22 bits per heavy atom. The van der Waals surface area contributed by atoms with E-state index in [1.807, 2.05) is 23.1 Å². The van der Waals surface area contributed by atoms with Gasteiger partial charge in [0.2, 0.25) is 5.91 Å². The number of nitrogens with zero attached hydrogens (tertiary/aromatic N) is 3. The molecule has 0 unspecified atom stereocenters. The number of carbonyl (C=O) groups excluding carboxylic acids is 1. The molecule has 1 amide bonds. The number of morpholine rings is 1. The van der Waals surface area contributed by atoms with Crippen LogP contribution in [0.3, 0.4) is 0 Å². The number of amides is 1. The van der Waals surface area contributed by atoms with Gasteiger partial charge in [0.25, 0.3) is 0 Å². The maximum absolute atomic E-state index is 13.0. The van der Waals surface area contributed by atoms with Crippen LogP contribution in [0.2, 0.25) is 0 Å². The van der Waals surface area contributed by atoms with Crippen LogP contribution in [0.4, 0.5) is 4.39 Å². The monoisotopic (exact) mass is 371 g/mol. The minimum atomic E-state index is -0.402. The molecule has 3 heterocycles. The third-order valence-electron chi connectivity index (χ3n) is 5.15. The first-order valence-corrected chi connectivity index (χ1v) is 9.24. The van der Waals surface area contributed by atoms with E-state index >= 15 is 0 Å². The van der Waals surface area contributed by atoms with Crippen LogP contribution in [0.5, 0.6) is 0 Å². The van der Waals surface area contributed by atoms with Gasteiger partial charge in [-0.15, -0.1) is 0 Å². The van der Waals surface area contributed by atoms with Crippen molar-refractivity contribution in [1.82, 2.24) is 14.9 Å². The van der Waals surface area contributed by atoms with Crippen molar-refractivity contribution in [3.63, 3.8) is 0 Å². The molecule has 7 heteroatoms. The van der Waals surface area contributed by atoms with Gasteiger partial charge in [0, 0.05) is 18.4 Å². The number of fused-ring (bicyclic) bond motifs is 1. The summed E-state index contributed by atoms with van der Waals surface area (Å²) in [6, 6.07) is 8.64. The van der Waals surface area contributed by atoms with Gasteiger partial charge >= 0.3 is 0 Å². The van der Waals surface area contributed by atoms with E-state index in [0.29, 0.717) is 25.5 Å². The number of rotatable bonds is 5. The minimum absolute atomic E-state index is 0.00205. The van der Waals surface area contributed by atoms with Gasteiger partial charge in [0.15, 0.2) is 0 Å². The lowest BCUT2D eigenvalue weighted by atomic mass is 10.1. The number of ether oxygens (including phenoxy) is 2. The van der Waals surface area contributed by atoms with Crippen LogP contribution in [-0.4, -0.2) is 52.2 Å². The SMILES string of the molecule is O=C(Cc1ccc(F)cn1)N1CCO[C@H]2[C@@H](OCc3ccccn3)CC[C@@H]21. The highest BCUT2D eigenvalue weighted by atomic mass is 19.1. The lowest BCUT2D eigenvalue weighted by molar-refractivity contribution is -0.151. The average Bonchev–Trinajstić information content (AvgIpc) is 3.12. The molecule has 4 rings (SSSR count). The summed E-state index contributed by atoms with van der Waals surface area (Å²) in [6.07, 6.45) is 4.59. The van der Waals surface area contributed by atoms with E-state index in [-0.39, 0.29) is 30.6 Å². The molecule has 0 spiro atoms. The van der Waals surface area contributed by atoms with Gasteiger partial charge in [0.05, 0.1) is 43.7 Å². The van der Waals surface area contributed by atoms with E-state index < -0.39 is 5.82 Å². The predicted octanol–water partition coefficient (Wildman–Crippen LogP) is 2.13. The van der Waals surface area contributed by atoms with E-state index in [0.717, 1.165) is 24.7 Å². The molecule has 0 N–H and O–H groups in total. The molecule has 27 heavy (non-hydrogen) atoms. The molecular formula is C20H22FN3O3. The molecule has 6 nitrogen and oxygen atoms in total. The van der Waals surface area contributed by atoms with Gasteiger partial charge in [0.1, 0.15) is 11.9 Å². The molecule has 142 valence electrons. The molecule has 2 aromatic heterocycles. The second-order valence-corrected chi connectivity index (χ2v) is 6.88. The summed E-state index contributed by atoms with van der Waals surface area (Å²) >= 11 is 0. The molecule has 2 aliphatic rings. The Kier molecular flexibility index (Phi) is 5.40. The summed E-state index contributed by atoms with van der Waals surface area (Å²) in [5, 5.41) is 0. The molecule has 0 bridgehead atoms. The Labute approximate surface area is 157 Å². The number of pyridine rings is 2. The van der Waals surface area contributed by atoms with Crippen LogP contribution in [0, 0.1) is 5.82 Å². The van der Waals surface area contributed by atoms with Crippen LogP contribution < -0.4 is 0 Å². The summed E-state index contributed by atoms with van der Waals surface area (Å²) < 4.78 is 25.0. The Morgan fingerprint density at radius 3 is 2.93 bits per heavy atom. The minimum Gasteiger partial charge on any atom is -0.372 e. The highest BCUT2D eigenvalue weighted by molar-refractivity contribution is 5.79. The smallest absolute Gasteiger partial charge is 0.229 e. The van der Waals surface area contributed by atoms with Gasteiger partial charge < -0.3 is 14.4 Å². The van der Waals surface area contributed by atoms with E-state index in [4.69, 9.17) is 9.47 Å². The lowest BCUT2D eigenvalue weighted by Gasteiger charge is -2.39. The predicted molar refractivity (Wildman–Crippen MR) is 95.2 cm³/mol. The van der Waals surface area contributed by atoms with Crippen LogP contribution in [-0.2, 0) is 27.3 Å². The third kappa shape index (κ3) is 4.14. The van der Waals surface area contributed by atoms with Crippen LogP contribution in [0.15, 0.2) is 42.7 Å². The van der Waals surface area contributed by atoms with E-state index in [1.165, 1.54) is 6.07 Å². The zero-order valence-electron chi connectivity index (χ0n) is 15.0. The highest BCUT2D eigenvalue weighted by Gasteiger charge is 2.44. The van der Waals surface area contributed by atoms with Crippen LogP contribution in [0.1, 0.15) is 24.2 Å². The number of hydrogen-bond acceptors (Lipinski definition) is 5. The summed E-state index contributed by atoms with van der Waals surface area (Å²) in [6.45, 7) is 1.49. The van der Waals surface area contributed by atoms with Gasteiger partial charge in [-0.2, -0.15) is 0 Å². The van der Waals surface area contributed by atoms with Crippen molar-refractivity contribution >= 4 is 5.91 Å². The van der Waals surface area contributed by atoms with E-state index in [9.17, 15) is 9.18 Å². The standard InChI is InChI=1S/C20H22FN3O3/c21-14-4-5-15(23-12-14)11-19(25)24-9-10-26-20-17(24)6-7-18(20)27-13-16-3-1-2-8-22-16/h1-5,8,12,17-18,20H,6-7,9-11,13H2/t17-,18-,20+/m0/s1. The molecule has 1 saturated heterocycles.